The van der Waals surface area contributed by atoms with Gasteiger partial charge in [-0.2, -0.15) is 11.8 Å². The van der Waals surface area contributed by atoms with E-state index >= 15 is 0 Å². The molecule has 0 saturated carbocycles. The van der Waals surface area contributed by atoms with Crippen molar-refractivity contribution in [3.8, 4) is 11.5 Å². The molecule has 0 amide bonds. The number of hydrogen-bond donors (Lipinski definition) is 1. The summed E-state index contributed by atoms with van der Waals surface area (Å²) in [6.45, 7) is 2.12. The van der Waals surface area contributed by atoms with Crippen LogP contribution < -0.4 is 9.47 Å². The van der Waals surface area contributed by atoms with Crippen LogP contribution in [0, 0.1) is 0 Å². The third-order valence-electron chi connectivity index (χ3n) is 2.54. The van der Waals surface area contributed by atoms with Crippen molar-refractivity contribution < 1.29 is 14.6 Å². The van der Waals surface area contributed by atoms with Gasteiger partial charge in [0.15, 0.2) is 0 Å². The maximum atomic E-state index is 10.1. The molecule has 3 nitrogen and oxygen atoms in total. The quantitative estimate of drug-likeness (QED) is 0.761. The molecule has 0 aliphatic carbocycles. The van der Waals surface area contributed by atoms with E-state index in [0.717, 1.165) is 29.2 Å². The Morgan fingerprint density at radius 3 is 2.65 bits per heavy atom. The maximum absolute atomic E-state index is 10.1. The molecule has 1 N–H and O–H groups in total. The lowest BCUT2D eigenvalue weighted by molar-refractivity contribution is 0.170. The smallest absolute Gasteiger partial charge is 0.128 e. The number of ether oxygens (including phenoxy) is 2. The van der Waals surface area contributed by atoms with Crippen LogP contribution in [0.15, 0.2) is 18.2 Å². The van der Waals surface area contributed by atoms with Gasteiger partial charge < -0.3 is 14.6 Å². The standard InChI is InChI=1S/C13H20O3S/c1-4-17-8-7-12(14)11-6-5-10(15-2)9-13(11)16-3/h5-6,9,12,14H,4,7-8H2,1-3H3. The van der Waals surface area contributed by atoms with E-state index in [0.29, 0.717) is 5.75 Å². The van der Waals surface area contributed by atoms with Gasteiger partial charge in [0.05, 0.1) is 20.3 Å². The van der Waals surface area contributed by atoms with Gasteiger partial charge in [-0.25, -0.2) is 0 Å². The van der Waals surface area contributed by atoms with Crippen LogP contribution in [-0.4, -0.2) is 30.8 Å². The summed E-state index contributed by atoms with van der Waals surface area (Å²) in [5, 5.41) is 10.1. The fourth-order valence-corrected chi connectivity index (χ4v) is 2.27. The van der Waals surface area contributed by atoms with E-state index in [2.05, 4.69) is 6.92 Å². The van der Waals surface area contributed by atoms with E-state index in [4.69, 9.17) is 9.47 Å². The van der Waals surface area contributed by atoms with Gasteiger partial charge in [0, 0.05) is 11.6 Å². The molecule has 1 unspecified atom stereocenters. The Bertz CT molecular complexity index is 341. The highest BCUT2D eigenvalue weighted by Crippen LogP contribution is 2.31. The molecule has 0 saturated heterocycles. The third kappa shape index (κ3) is 4.13. The highest BCUT2D eigenvalue weighted by atomic mass is 32.2. The van der Waals surface area contributed by atoms with Crippen molar-refractivity contribution in [2.45, 2.75) is 19.4 Å². The zero-order chi connectivity index (χ0) is 12.7. The Balaban J connectivity index is 2.74. The normalized spacial score (nSPS) is 12.2. The van der Waals surface area contributed by atoms with E-state index in [9.17, 15) is 5.11 Å². The molecule has 4 heteroatoms. The average molecular weight is 256 g/mol. The monoisotopic (exact) mass is 256 g/mol. The van der Waals surface area contributed by atoms with Gasteiger partial charge in [0.1, 0.15) is 11.5 Å². The van der Waals surface area contributed by atoms with Crippen LogP contribution in [0.4, 0.5) is 0 Å². The first-order valence-corrected chi connectivity index (χ1v) is 6.86. The zero-order valence-electron chi connectivity index (χ0n) is 10.6. The Morgan fingerprint density at radius 2 is 2.06 bits per heavy atom. The number of benzene rings is 1. The summed E-state index contributed by atoms with van der Waals surface area (Å²) < 4.78 is 10.4. The Kier molecular flexibility index (Phi) is 6.22. The number of aliphatic hydroxyl groups is 1. The first kappa shape index (κ1) is 14.2. The lowest BCUT2D eigenvalue weighted by Crippen LogP contribution is -2.02. The molecule has 0 bridgehead atoms. The minimum Gasteiger partial charge on any atom is -0.497 e. The molecule has 0 aromatic heterocycles. The molecular weight excluding hydrogens is 236 g/mol. The lowest BCUT2D eigenvalue weighted by Gasteiger charge is -2.15. The zero-order valence-corrected chi connectivity index (χ0v) is 11.4. The number of aliphatic hydroxyl groups excluding tert-OH is 1. The molecule has 0 radical (unpaired) electrons. The van der Waals surface area contributed by atoms with Crippen molar-refractivity contribution in [3.63, 3.8) is 0 Å². The van der Waals surface area contributed by atoms with Gasteiger partial charge in [0.2, 0.25) is 0 Å². The second-order valence-corrected chi connectivity index (χ2v) is 5.00. The summed E-state index contributed by atoms with van der Waals surface area (Å²) in [5.74, 6) is 3.44. The minimum absolute atomic E-state index is 0.477. The molecule has 0 aliphatic heterocycles. The third-order valence-corrected chi connectivity index (χ3v) is 3.47. The first-order chi connectivity index (χ1) is 8.22. The molecule has 0 fully saturated rings. The Morgan fingerprint density at radius 1 is 1.29 bits per heavy atom. The Hall–Kier alpha value is -0.870. The van der Waals surface area contributed by atoms with E-state index in [-0.39, 0.29) is 0 Å². The predicted molar refractivity (Wildman–Crippen MR) is 72.1 cm³/mol. The Labute approximate surface area is 107 Å². The van der Waals surface area contributed by atoms with E-state index in [1.807, 2.05) is 23.9 Å². The number of thioether (sulfide) groups is 1. The molecule has 1 atom stereocenters. The van der Waals surface area contributed by atoms with Crippen molar-refractivity contribution in [1.82, 2.24) is 0 Å². The number of methoxy groups -OCH3 is 2. The second kappa shape index (κ2) is 7.45. The van der Waals surface area contributed by atoms with Crippen LogP contribution in [0.1, 0.15) is 25.0 Å². The van der Waals surface area contributed by atoms with E-state index < -0.39 is 6.10 Å². The number of rotatable bonds is 7. The van der Waals surface area contributed by atoms with Crippen molar-refractivity contribution in [1.29, 1.82) is 0 Å². The van der Waals surface area contributed by atoms with Crippen molar-refractivity contribution in [2.75, 3.05) is 25.7 Å². The molecule has 0 spiro atoms. The van der Waals surface area contributed by atoms with Gasteiger partial charge in [-0.1, -0.05) is 6.92 Å². The summed E-state index contributed by atoms with van der Waals surface area (Å²) in [5.41, 5.74) is 0.824. The van der Waals surface area contributed by atoms with E-state index in [1.54, 1.807) is 20.3 Å². The summed E-state index contributed by atoms with van der Waals surface area (Å²) in [6, 6.07) is 5.50. The lowest BCUT2D eigenvalue weighted by atomic mass is 10.1. The van der Waals surface area contributed by atoms with Crippen LogP contribution in [-0.2, 0) is 0 Å². The van der Waals surface area contributed by atoms with Gasteiger partial charge in [-0.3, -0.25) is 0 Å². The van der Waals surface area contributed by atoms with E-state index in [1.165, 1.54) is 0 Å². The number of hydrogen-bond acceptors (Lipinski definition) is 4. The molecule has 1 aromatic carbocycles. The van der Waals surface area contributed by atoms with Crippen LogP contribution >= 0.6 is 11.8 Å². The summed E-state index contributed by atoms with van der Waals surface area (Å²) in [7, 11) is 3.22. The topological polar surface area (TPSA) is 38.7 Å². The van der Waals surface area contributed by atoms with Crippen LogP contribution in [0.2, 0.25) is 0 Å². The van der Waals surface area contributed by atoms with Crippen LogP contribution in [0.5, 0.6) is 11.5 Å². The SMILES string of the molecule is CCSCCC(O)c1ccc(OC)cc1OC. The molecule has 0 aliphatic rings. The van der Waals surface area contributed by atoms with Gasteiger partial charge in [0.25, 0.3) is 0 Å². The van der Waals surface area contributed by atoms with Crippen molar-refractivity contribution >= 4 is 11.8 Å². The summed E-state index contributed by atoms with van der Waals surface area (Å²) >= 11 is 1.83. The van der Waals surface area contributed by atoms with Gasteiger partial charge in [-0.15, -0.1) is 0 Å². The van der Waals surface area contributed by atoms with Crippen molar-refractivity contribution in [3.05, 3.63) is 23.8 Å². The highest BCUT2D eigenvalue weighted by molar-refractivity contribution is 7.99. The highest BCUT2D eigenvalue weighted by Gasteiger charge is 2.13. The molecule has 1 aromatic rings. The fraction of sp³-hybridized carbons (Fsp3) is 0.538. The summed E-state index contributed by atoms with van der Waals surface area (Å²) in [4.78, 5) is 0. The second-order valence-electron chi connectivity index (χ2n) is 3.61. The molecule has 17 heavy (non-hydrogen) atoms. The summed E-state index contributed by atoms with van der Waals surface area (Å²) in [6.07, 6.45) is 0.260. The average Bonchev–Trinajstić information content (AvgIpc) is 2.38. The van der Waals surface area contributed by atoms with Crippen LogP contribution in [0.3, 0.4) is 0 Å². The largest absolute Gasteiger partial charge is 0.497 e. The first-order valence-electron chi connectivity index (χ1n) is 5.70. The molecule has 96 valence electrons. The predicted octanol–water partition coefficient (Wildman–Crippen LogP) is 2.88. The van der Waals surface area contributed by atoms with Gasteiger partial charge in [-0.05, 0) is 30.1 Å². The fourth-order valence-electron chi connectivity index (χ4n) is 1.59. The van der Waals surface area contributed by atoms with Crippen molar-refractivity contribution in [2.24, 2.45) is 0 Å². The van der Waals surface area contributed by atoms with Crippen LogP contribution in [0.25, 0.3) is 0 Å². The maximum Gasteiger partial charge on any atom is 0.128 e. The minimum atomic E-state index is -0.477. The molecule has 0 heterocycles. The molecular formula is C13H20O3S. The molecule has 1 rings (SSSR count). The van der Waals surface area contributed by atoms with Gasteiger partial charge >= 0.3 is 0 Å².